The van der Waals surface area contributed by atoms with Gasteiger partial charge in [0.15, 0.2) is 8.32 Å². The molecule has 1 N–H and O–H groups in total. The molecule has 0 aliphatic rings. The first-order chi connectivity index (χ1) is 12.4. The lowest BCUT2D eigenvalue weighted by atomic mass is 9.86. The second-order valence-electron chi connectivity index (χ2n) is 7.08. The summed E-state index contributed by atoms with van der Waals surface area (Å²) in [6.45, 7) is 12.4. The highest BCUT2D eigenvalue weighted by Gasteiger charge is 2.39. The van der Waals surface area contributed by atoms with Crippen molar-refractivity contribution >= 4 is 14.3 Å². The Bertz CT molecular complexity index is 522. The van der Waals surface area contributed by atoms with Gasteiger partial charge in [-0.05, 0) is 37.5 Å². The van der Waals surface area contributed by atoms with Crippen LogP contribution in [-0.4, -0.2) is 32.1 Å². The van der Waals surface area contributed by atoms with Gasteiger partial charge in [-0.1, -0.05) is 58.0 Å². The summed E-state index contributed by atoms with van der Waals surface area (Å²) in [5.41, 5.74) is 1.06. The monoisotopic (exact) mass is 380 g/mol. The first kappa shape index (κ1) is 22.9. The summed E-state index contributed by atoms with van der Waals surface area (Å²) < 4.78 is 11.9. The van der Waals surface area contributed by atoms with Gasteiger partial charge in [0.05, 0.1) is 24.7 Å². The molecule has 0 aromatic heterocycles. The van der Waals surface area contributed by atoms with E-state index in [1.54, 1.807) is 13.8 Å². The van der Waals surface area contributed by atoms with Crippen molar-refractivity contribution in [3.05, 3.63) is 35.9 Å². The molecule has 0 fully saturated rings. The van der Waals surface area contributed by atoms with Crippen LogP contribution in [0.2, 0.25) is 18.1 Å². The molecular formula is C21H36O4Si. The fourth-order valence-corrected chi connectivity index (χ4v) is 6.33. The molecule has 0 heterocycles. The Morgan fingerprint density at radius 3 is 2.04 bits per heavy atom. The maximum absolute atomic E-state index is 12.1. The first-order valence-corrected chi connectivity index (χ1v) is 12.5. The van der Waals surface area contributed by atoms with Crippen molar-refractivity contribution in [3.63, 3.8) is 0 Å². The van der Waals surface area contributed by atoms with E-state index in [1.165, 1.54) is 0 Å². The van der Waals surface area contributed by atoms with E-state index in [1.807, 2.05) is 37.3 Å². The van der Waals surface area contributed by atoms with Crippen molar-refractivity contribution in [1.82, 2.24) is 0 Å². The van der Waals surface area contributed by atoms with Gasteiger partial charge in [-0.25, -0.2) is 0 Å². The van der Waals surface area contributed by atoms with Crippen LogP contribution in [0.25, 0.3) is 0 Å². The van der Waals surface area contributed by atoms with Crippen molar-refractivity contribution in [2.75, 3.05) is 6.61 Å². The Balaban J connectivity index is 3.13. The van der Waals surface area contributed by atoms with Gasteiger partial charge in [0.1, 0.15) is 0 Å². The molecule has 148 valence electrons. The Morgan fingerprint density at radius 1 is 1.04 bits per heavy atom. The number of hydrogen-bond donors (Lipinski definition) is 1. The van der Waals surface area contributed by atoms with Crippen LogP contribution in [0.15, 0.2) is 30.3 Å². The fourth-order valence-electron chi connectivity index (χ4n) is 3.44. The molecule has 1 aromatic rings. The van der Waals surface area contributed by atoms with Crippen LogP contribution in [0.1, 0.15) is 53.2 Å². The molecule has 5 heteroatoms. The molecule has 0 saturated heterocycles. The normalized spacial score (nSPS) is 16.6. The zero-order chi connectivity index (χ0) is 19.7. The number of esters is 1. The summed E-state index contributed by atoms with van der Waals surface area (Å²) in [4.78, 5) is 12.1. The van der Waals surface area contributed by atoms with Crippen LogP contribution < -0.4 is 0 Å². The summed E-state index contributed by atoms with van der Waals surface area (Å²) in [6.07, 6.45) is -1.05. The predicted octanol–water partition coefficient (Wildman–Crippen LogP) is 4.95. The lowest BCUT2D eigenvalue weighted by Crippen LogP contribution is -2.42. The van der Waals surface area contributed by atoms with Crippen molar-refractivity contribution in [3.8, 4) is 0 Å². The zero-order valence-corrected chi connectivity index (χ0v) is 18.2. The minimum atomic E-state index is -1.88. The Hall–Kier alpha value is -1.17. The number of carbonyl (C=O) groups excluding carboxylic acids is 1. The molecule has 4 atom stereocenters. The van der Waals surface area contributed by atoms with Crippen LogP contribution in [-0.2, 0) is 14.0 Å². The van der Waals surface area contributed by atoms with Crippen molar-refractivity contribution in [2.24, 2.45) is 11.8 Å². The third-order valence-electron chi connectivity index (χ3n) is 5.62. The average Bonchev–Trinajstić information content (AvgIpc) is 2.68. The van der Waals surface area contributed by atoms with Gasteiger partial charge in [-0.3, -0.25) is 4.79 Å². The standard InChI is InChI=1S/C21H36O4Si/c1-7-24-21(23)17(6)19(22)16(5)20(18-14-12-11-13-15-18)25-26(8-2,9-3)10-4/h11-17,19-20,22H,7-10H2,1-6H3/t16-,17-,19-,20-/m0/s1. The lowest BCUT2D eigenvalue weighted by molar-refractivity contribution is -0.153. The molecule has 0 aliphatic carbocycles. The molecule has 26 heavy (non-hydrogen) atoms. The highest BCUT2D eigenvalue weighted by molar-refractivity contribution is 6.73. The zero-order valence-electron chi connectivity index (χ0n) is 17.2. The van der Waals surface area contributed by atoms with E-state index < -0.39 is 20.3 Å². The second kappa shape index (κ2) is 10.9. The molecule has 0 saturated carbocycles. The minimum Gasteiger partial charge on any atom is -0.466 e. The van der Waals surface area contributed by atoms with Gasteiger partial charge in [-0.15, -0.1) is 0 Å². The number of aliphatic hydroxyl groups is 1. The third-order valence-corrected chi connectivity index (χ3v) is 10.2. The van der Waals surface area contributed by atoms with Gasteiger partial charge in [0, 0.05) is 5.92 Å². The highest BCUT2D eigenvalue weighted by Crippen LogP contribution is 2.37. The van der Waals surface area contributed by atoms with Gasteiger partial charge in [0.25, 0.3) is 0 Å². The van der Waals surface area contributed by atoms with Crippen LogP contribution in [0, 0.1) is 11.8 Å². The lowest BCUT2D eigenvalue weighted by Gasteiger charge is -2.38. The fraction of sp³-hybridized carbons (Fsp3) is 0.667. The van der Waals surface area contributed by atoms with Gasteiger partial charge >= 0.3 is 5.97 Å². The molecular weight excluding hydrogens is 344 g/mol. The van der Waals surface area contributed by atoms with E-state index in [2.05, 4.69) is 20.8 Å². The number of aliphatic hydroxyl groups excluding tert-OH is 1. The molecule has 1 aromatic carbocycles. The molecule has 0 bridgehead atoms. The van der Waals surface area contributed by atoms with Crippen molar-refractivity contribution in [1.29, 1.82) is 0 Å². The van der Waals surface area contributed by atoms with Gasteiger partial charge in [-0.2, -0.15) is 0 Å². The van der Waals surface area contributed by atoms with Gasteiger partial charge < -0.3 is 14.3 Å². The number of benzene rings is 1. The molecule has 0 amide bonds. The summed E-state index contributed by atoms with van der Waals surface area (Å²) >= 11 is 0. The summed E-state index contributed by atoms with van der Waals surface area (Å²) in [5, 5.41) is 10.9. The molecule has 0 spiro atoms. The van der Waals surface area contributed by atoms with E-state index in [0.29, 0.717) is 6.61 Å². The summed E-state index contributed by atoms with van der Waals surface area (Å²) in [5.74, 6) is -1.15. The first-order valence-electron chi connectivity index (χ1n) is 9.93. The van der Waals surface area contributed by atoms with E-state index in [0.717, 1.165) is 23.7 Å². The van der Waals surface area contributed by atoms with E-state index in [9.17, 15) is 9.90 Å². The minimum absolute atomic E-state index is 0.215. The largest absolute Gasteiger partial charge is 0.466 e. The van der Waals surface area contributed by atoms with Crippen molar-refractivity contribution in [2.45, 2.75) is 71.9 Å². The molecule has 0 radical (unpaired) electrons. The molecule has 4 nitrogen and oxygen atoms in total. The number of hydrogen-bond acceptors (Lipinski definition) is 4. The number of ether oxygens (including phenoxy) is 1. The molecule has 0 unspecified atom stereocenters. The van der Waals surface area contributed by atoms with E-state index in [4.69, 9.17) is 9.16 Å². The maximum Gasteiger partial charge on any atom is 0.311 e. The predicted molar refractivity (Wildman–Crippen MR) is 108 cm³/mol. The van der Waals surface area contributed by atoms with Crippen LogP contribution in [0.5, 0.6) is 0 Å². The van der Waals surface area contributed by atoms with Gasteiger partial charge in [0.2, 0.25) is 0 Å². The van der Waals surface area contributed by atoms with Crippen molar-refractivity contribution < 1.29 is 19.1 Å². The quantitative estimate of drug-likeness (QED) is 0.436. The SMILES string of the molecule is CCOC(=O)[C@@H](C)[C@@H](O)[C@H](C)[C@H](O[Si](CC)(CC)CC)c1ccccc1. The van der Waals surface area contributed by atoms with Crippen LogP contribution in [0.4, 0.5) is 0 Å². The second-order valence-corrected chi connectivity index (χ2v) is 11.8. The average molecular weight is 381 g/mol. The van der Waals surface area contributed by atoms with E-state index >= 15 is 0 Å². The molecule has 1 rings (SSSR count). The smallest absolute Gasteiger partial charge is 0.311 e. The third kappa shape index (κ3) is 5.66. The molecule has 0 aliphatic heterocycles. The summed E-state index contributed by atoms with van der Waals surface area (Å²) in [6, 6.07) is 13.2. The topological polar surface area (TPSA) is 55.8 Å². The number of carbonyl (C=O) groups is 1. The van der Waals surface area contributed by atoms with Crippen LogP contribution in [0.3, 0.4) is 0 Å². The number of rotatable bonds is 11. The Labute approximate surface area is 160 Å². The maximum atomic E-state index is 12.1. The van der Waals surface area contributed by atoms with E-state index in [-0.39, 0.29) is 18.0 Å². The Kier molecular flexibility index (Phi) is 9.54. The van der Waals surface area contributed by atoms with Crippen LogP contribution >= 0.6 is 0 Å². The Morgan fingerprint density at radius 2 is 1.58 bits per heavy atom. The highest BCUT2D eigenvalue weighted by atomic mass is 28.4. The summed E-state index contributed by atoms with van der Waals surface area (Å²) in [7, 11) is -1.88.